The highest BCUT2D eigenvalue weighted by molar-refractivity contribution is 7.89. The Morgan fingerprint density at radius 1 is 1.20 bits per heavy atom. The summed E-state index contributed by atoms with van der Waals surface area (Å²) < 4.78 is 26.9. The van der Waals surface area contributed by atoms with Crippen LogP contribution in [0, 0.1) is 5.92 Å². The van der Waals surface area contributed by atoms with Gasteiger partial charge in [-0.05, 0) is 45.1 Å². The van der Waals surface area contributed by atoms with Crippen LogP contribution in [0.15, 0.2) is 0 Å². The third-order valence-electron chi connectivity index (χ3n) is 3.95. The van der Waals surface area contributed by atoms with Crippen LogP contribution >= 0.6 is 0 Å². The van der Waals surface area contributed by atoms with Gasteiger partial charge in [-0.2, -0.15) is 0 Å². The fraction of sp³-hybridized carbons (Fsp3) is 1.00. The van der Waals surface area contributed by atoms with Gasteiger partial charge in [0.1, 0.15) is 0 Å². The van der Waals surface area contributed by atoms with Crippen molar-refractivity contribution in [1.29, 1.82) is 0 Å². The number of nitrogens with one attached hydrogen (secondary N) is 2. The van der Waals surface area contributed by atoms with Crippen molar-refractivity contribution in [3.63, 3.8) is 0 Å². The van der Waals surface area contributed by atoms with E-state index in [0.717, 1.165) is 38.6 Å². The topological polar surface area (TPSA) is 58.2 Å². The number of sulfonamides is 1. The van der Waals surface area contributed by atoms with E-state index in [1.54, 1.807) is 0 Å². The molecule has 20 heavy (non-hydrogen) atoms. The zero-order valence-electron chi connectivity index (χ0n) is 13.3. The summed E-state index contributed by atoms with van der Waals surface area (Å²) in [6, 6.07) is 0.439. The fourth-order valence-corrected chi connectivity index (χ4v) is 4.17. The van der Waals surface area contributed by atoms with E-state index in [0.29, 0.717) is 12.0 Å². The molecule has 0 radical (unpaired) electrons. The summed E-state index contributed by atoms with van der Waals surface area (Å²) in [5.41, 5.74) is 0. The Bertz CT molecular complexity index is 349. The summed E-state index contributed by atoms with van der Waals surface area (Å²) in [4.78, 5) is 0. The summed E-state index contributed by atoms with van der Waals surface area (Å²) >= 11 is 0. The van der Waals surface area contributed by atoms with Crippen molar-refractivity contribution < 1.29 is 8.42 Å². The van der Waals surface area contributed by atoms with E-state index in [1.807, 2.05) is 6.92 Å². The van der Waals surface area contributed by atoms with Crippen molar-refractivity contribution in [1.82, 2.24) is 10.0 Å². The monoisotopic (exact) mass is 304 g/mol. The molecule has 0 bridgehead atoms. The predicted molar refractivity (Wildman–Crippen MR) is 85.3 cm³/mol. The second-order valence-corrected chi connectivity index (χ2v) is 8.47. The zero-order chi connectivity index (χ0) is 15.0. The maximum Gasteiger partial charge on any atom is 0.211 e. The molecule has 0 aromatic carbocycles. The van der Waals surface area contributed by atoms with Crippen LogP contribution in [0.5, 0.6) is 0 Å². The zero-order valence-corrected chi connectivity index (χ0v) is 14.1. The fourth-order valence-electron chi connectivity index (χ4n) is 2.72. The first kappa shape index (κ1) is 17.9. The second-order valence-electron chi connectivity index (χ2n) is 6.60. The molecule has 1 fully saturated rings. The van der Waals surface area contributed by atoms with E-state index in [-0.39, 0.29) is 11.8 Å². The standard InChI is InChI=1S/C15H32N2O2S/c1-13(2)7-6-8-14(3)17-20(18,19)12-10-15-9-4-5-11-16-15/h13-17H,4-12H2,1-3H3. The third kappa shape index (κ3) is 8.22. The highest BCUT2D eigenvalue weighted by atomic mass is 32.2. The second kappa shape index (κ2) is 9.00. The lowest BCUT2D eigenvalue weighted by Crippen LogP contribution is -2.39. The molecular weight excluding hydrogens is 272 g/mol. The first-order valence-corrected chi connectivity index (χ1v) is 9.77. The Labute approximate surface area is 125 Å². The molecule has 1 rings (SSSR count). The molecule has 1 heterocycles. The smallest absolute Gasteiger partial charge is 0.211 e. The van der Waals surface area contributed by atoms with Crippen LogP contribution in [-0.2, 0) is 10.0 Å². The molecule has 0 amide bonds. The Balaban J connectivity index is 2.22. The molecule has 1 aliphatic heterocycles. The van der Waals surface area contributed by atoms with Crippen LogP contribution in [0.1, 0.15) is 65.7 Å². The Morgan fingerprint density at radius 3 is 2.55 bits per heavy atom. The number of hydrogen-bond donors (Lipinski definition) is 2. The van der Waals surface area contributed by atoms with E-state index in [9.17, 15) is 8.42 Å². The van der Waals surface area contributed by atoms with Gasteiger partial charge in [-0.1, -0.05) is 33.1 Å². The maximum atomic E-state index is 12.0. The molecule has 4 nitrogen and oxygen atoms in total. The lowest BCUT2D eigenvalue weighted by Gasteiger charge is -2.23. The number of piperidine rings is 1. The summed E-state index contributed by atoms with van der Waals surface area (Å²) in [6.07, 6.45) is 7.46. The van der Waals surface area contributed by atoms with Crippen LogP contribution < -0.4 is 10.0 Å². The molecule has 2 atom stereocenters. The SMILES string of the molecule is CC(C)CCCC(C)NS(=O)(=O)CCC1CCCCN1. The highest BCUT2D eigenvalue weighted by Crippen LogP contribution is 2.12. The summed E-state index contributed by atoms with van der Waals surface area (Å²) in [5, 5.41) is 3.40. The van der Waals surface area contributed by atoms with E-state index < -0.39 is 10.0 Å². The lowest BCUT2D eigenvalue weighted by atomic mass is 10.0. The van der Waals surface area contributed by atoms with Crippen LogP contribution in [0.25, 0.3) is 0 Å². The van der Waals surface area contributed by atoms with Crippen molar-refractivity contribution in [2.45, 2.75) is 77.8 Å². The van der Waals surface area contributed by atoms with Gasteiger partial charge >= 0.3 is 0 Å². The quantitative estimate of drug-likeness (QED) is 0.688. The normalized spacial score (nSPS) is 22.1. The molecule has 0 aromatic heterocycles. The van der Waals surface area contributed by atoms with Crippen molar-refractivity contribution in [3.8, 4) is 0 Å². The van der Waals surface area contributed by atoms with Crippen LogP contribution in [-0.4, -0.2) is 32.8 Å². The molecule has 5 heteroatoms. The molecule has 0 saturated carbocycles. The lowest BCUT2D eigenvalue weighted by molar-refractivity contribution is 0.391. The van der Waals surface area contributed by atoms with Gasteiger partial charge in [0, 0.05) is 12.1 Å². The summed E-state index contributed by atoms with van der Waals surface area (Å²) in [7, 11) is -3.12. The first-order valence-electron chi connectivity index (χ1n) is 8.12. The minimum atomic E-state index is -3.12. The maximum absolute atomic E-state index is 12.0. The van der Waals surface area contributed by atoms with Crippen molar-refractivity contribution >= 4 is 10.0 Å². The molecule has 1 saturated heterocycles. The van der Waals surface area contributed by atoms with E-state index in [1.165, 1.54) is 12.8 Å². The van der Waals surface area contributed by atoms with E-state index in [4.69, 9.17) is 0 Å². The Morgan fingerprint density at radius 2 is 1.95 bits per heavy atom. The average Bonchev–Trinajstić information content (AvgIpc) is 2.37. The minimum absolute atomic E-state index is 0.0538. The molecule has 2 unspecified atom stereocenters. The van der Waals surface area contributed by atoms with Crippen LogP contribution in [0.2, 0.25) is 0 Å². The van der Waals surface area contributed by atoms with Crippen LogP contribution in [0.3, 0.4) is 0 Å². The van der Waals surface area contributed by atoms with E-state index >= 15 is 0 Å². The summed E-state index contributed by atoms with van der Waals surface area (Å²) in [6.45, 7) is 7.40. The summed E-state index contributed by atoms with van der Waals surface area (Å²) in [5.74, 6) is 0.940. The van der Waals surface area contributed by atoms with Gasteiger partial charge in [0.15, 0.2) is 0 Å². The van der Waals surface area contributed by atoms with Gasteiger partial charge in [0.05, 0.1) is 5.75 Å². The number of hydrogen-bond acceptors (Lipinski definition) is 3. The van der Waals surface area contributed by atoms with Crippen molar-refractivity contribution in [2.24, 2.45) is 5.92 Å². The predicted octanol–water partition coefficient (Wildman–Crippen LogP) is 2.65. The van der Waals surface area contributed by atoms with Gasteiger partial charge in [0.25, 0.3) is 0 Å². The van der Waals surface area contributed by atoms with Gasteiger partial charge in [-0.3, -0.25) is 0 Å². The highest BCUT2D eigenvalue weighted by Gasteiger charge is 2.18. The third-order valence-corrected chi connectivity index (χ3v) is 5.48. The molecule has 2 N–H and O–H groups in total. The van der Waals surface area contributed by atoms with Gasteiger partial charge in [-0.25, -0.2) is 13.1 Å². The largest absolute Gasteiger partial charge is 0.314 e. The van der Waals surface area contributed by atoms with Gasteiger partial charge < -0.3 is 5.32 Å². The van der Waals surface area contributed by atoms with Gasteiger partial charge in [-0.15, -0.1) is 0 Å². The Hall–Kier alpha value is -0.130. The van der Waals surface area contributed by atoms with E-state index in [2.05, 4.69) is 23.9 Å². The molecule has 0 aliphatic carbocycles. The Kier molecular flexibility index (Phi) is 8.07. The van der Waals surface area contributed by atoms with Crippen molar-refractivity contribution in [3.05, 3.63) is 0 Å². The van der Waals surface area contributed by atoms with Crippen LogP contribution in [0.4, 0.5) is 0 Å². The first-order chi connectivity index (χ1) is 9.39. The molecule has 120 valence electrons. The molecule has 0 spiro atoms. The number of rotatable bonds is 9. The molecular formula is C15H32N2O2S. The molecule has 0 aromatic rings. The van der Waals surface area contributed by atoms with Gasteiger partial charge in [0.2, 0.25) is 10.0 Å². The molecule has 1 aliphatic rings. The minimum Gasteiger partial charge on any atom is -0.314 e. The van der Waals surface area contributed by atoms with Crippen molar-refractivity contribution in [2.75, 3.05) is 12.3 Å². The average molecular weight is 305 g/mol.